The molecule has 0 atom stereocenters. The van der Waals surface area contributed by atoms with Gasteiger partial charge in [-0.05, 0) is 59.7 Å². The molecule has 0 saturated carbocycles. The molecule has 166 valence electrons. The number of esters is 1. The summed E-state index contributed by atoms with van der Waals surface area (Å²) < 4.78 is 16.2. The molecule has 0 radical (unpaired) electrons. The highest BCUT2D eigenvalue weighted by molar-refractivity contribution is 8.26. The Kier molecular flexibility index (Phi) is 7.07. The van der Waals surface area contributed by atoms with Crippen LogP contribution in [0.5, 0.6) is 11.5 Å². The van der Waals surface area contributed by atoms with Gasteiger partial charge in [0.2, 0.25) is 0 Å². The Morgan fingerprint density at radius 2 is 1.76 bits per heavy atom. The van der Waals surface area contributed by atoms with Crippen molar-refractivity contribution in [1.82, 2.24) is 4.90 Å². The zero-order valence-electron chi connectivity index (χ0n) is 17.6. The van der Waals surface area contributed by atoms with E-state index in [1.165, 1.54) is 22.7 Å². The van der Waals surface area contributed by atoms with Crippen LogP contribution in [0.2, 0.25) is 0 Å². The van der Waals surface area contributed by atoms with E-state index in [-0.39, 0.29) is 5.91 Å². The highest BCUT2D eigenvalue weighted by Gasteiger charge is 2.32. The minimum atomic E-state index is -0.489. The van der Waals surface area contributed by atoms with Crippen LogP contribution in [-0.4, -0.2) is 28.2 Å². The Morgan fingerprint density at radius 3 is 2.42 bits per heavy atom. The molecule has 4 rings (SSSR count). The van der Waals surface area contributed by atoms with Crippen LogP contribution < -0.4 is 9.47 Å². The molecule has 8 heteroatoms. The average Bonchev–Trinajstić information content (AvgIpc) is 3.43. The van der Waals surface area contributed by atoms with Gasteiger partial charge in [0.05, 0.1) is 24.8 Å². The van der Waals surface area contributed by atoms with Gasteiger partial charge >= 0.3 is 5.97 Å². The van der Waals surface area contributed by atoms with Crippen molar-refractivity contribution in [3.63, 3.8) is 0 Å². The average molecular weight is 478 g/mol. The van der Waals surface area contributed by atoms with Gasteiger partial charge in [0.1, 0.15) is 21.6 Å². The molecule has 0 bridgehead atoms. The van der Waals surface area contributed by atoms with Crippen LogP contribution in [0.1, 0.15) is 16.9 Å². The van der Waals surface area contributed by atoms with Crippen LogP contribution in [0.3, 0.4) is 0 Å². The summed E-state index contributed by atoms with van der Waals surface area (Å²) in [4.78, 5) is 26.8. The Morgan fingerprint density at radius 1 is 1.06 bits per heavy atom. The number of methoxy groups -OCH3 is 1. The number of thiocarbonyl (C=S) groups is 1. The molecular formula is C25H19NO5S2. The van der Waals surface area contributed by atoms with Gasteiger partial charge < -0.3 is 13.9 Å². The van der Waals surface area contributed by atoms with Gasteiger partial charge in [-0.1, -0.05) is 48.2 Å². The van der Waals surface area contributed by atoms with Crippen molar-refractivity contribution in [2.24, 2.45) is 0 Å². The van der Waals surface area contributed by atoms with Gasteiger partial charge in [-0.15, -0.1) is 0 Å². The van der Waals surface area contributed by atoms with Gasteiger partial charge in [-0.25, -0.2) is 4.79 Å². The topological polar surface area (TPSA) is 69.0 Å². The zero-order chi connectivity index (χ0) is 23.2. The lowest BCUT2D eigenvalue weighted by molar-refractivity contribution is -0.129. The number of hydrogen-bond acceptors (Lipinski definition) is 7. The Hall–Kier alpha value is -3.62. The number of ether oxygens (including phenoxy) is 2. The Labute approximate surface area is 200 Å². The summed E-state index contributed by atoms with van der Waals surface area (Å²) in [5.41, 5.74) is 1.65. The van der Waals surface area contributed by atoms with Gasteiger partial charge in [-0.2, -0.15) is 0 Å². The highest BCUT2D eigenvalue weighted by atomic mass is 32.2. The number of benzene rings is 2. The highest BCUT2D eigenvalue weighted by Crippen LogP contribution is 2.33. The first-order valence-corrected chi connectivity index (χ1v) is 11.2. The molecule has 1 aliphatic rings. The number of furan rings is 1. The lowest BCUT2D eigenvalue weighted by Crippen LogP contribution is -2.27. The summed E-state index contributed by atoms with van der Waals surface area (Å²) in [6, 6.07) is 17.8. The molecule has 0 aliphatic carbocycles. The normalized spacial score (nSPS) is 14.9. The first-order valence-electron chi connectivity index (χ1n) is 9.93. The minimum absolute atomic E-state index is 0.166. The summed E-state index contributed by atoms with van der Waals surface area (Å²) >= 11 is 6.59. The van der Waals surface area contributed by atoms with Crippen molar-refractivity contribution in [3.05, 3.63) is 94.8 Å². The SMILES string of the molecule is COc1ccc(/C=C/C(=O)Oc2ccc(/C=C3\SC(=S)N(Cc4ccco4)C3=O)cc2)cc1. The van der Waals surface area contributed by atoms with Crippen molar-refractivity contribution in [2.45, 2.75) is 6.54 Å². The summed E-state index contributed by atoms with van der Waals surface area (Å²) in [6.07, 6.45) is 6.35. The third-order valence-corrected chi connectivity index (χ3v) is 6.07. The van der Waals surface area contributed by atoms with Crippen molar-refractivity contribution < 1.29 is 23.5 Å². The maximum atomic E-state index is 12.7. The lowest BCUT2D eigenvalue weighted by Gasteiger charge is -2.11. The summed E-state index contributed by atoms with van der Waals surface area (Å²) in [5.74, 6) is 1.16. The standard InChI is InChI=1S/C25H19NO5S2/c1-29-19-9-4-17(5-10-19)8-13-23(27)31-20-11-6-18(7-12-20)15-22-24(28)26(25(32)33-22)16-21-3-2-14-30-21/h2-15H,16H2,1H3/b13-8+,22-15-. The van der Waals surface area contributed by atoms with Gasteiger partial charge in [0, 0.05) is 6.08 Å². The number of carbonyl (C=O) groups excluding carboxylic acids is 2. The third kappa shape index (κ3) is 5.79. The molecule has 6 nitrogen and oxygen atoms in total. The monoisotopic (exact) mass is 477 g/mol. The van der Waals surface area contributed by atoms with Crippen LogP contribution in [0.4, 0.5) is 0 Å². The summed E-state index contributed by atoms with van der Waals surface area (Å²) in [7, 11) is 1.60. The minimum Gasteiger partial charge on any atom is -0.497 e. The van der Waals surface area contributed by atoms with Crippen LogP contribution in [0.15, 0.2) is 82.3 Å². The summed E-state index contributed by atoms with van der Waals surface area (Å²) in [5, 5.41) is 0. The van der Waals surface area contributed by atoms with E-state index < -0.39 is 5.97 Å². The second kappa shape index (κ2) is 10.3. The second-order valence-electron chi connectivity index (χ2n) is 6.94. The molecular weight excluding hydrogens is 458 g/mol. The Bertz CT molecular complexity index is 1210. The van der Waals surface area contributed by atoms with Crippen molar-refractivity contribution in [3.8, 4) is 11.5 Å². The second-order valence-corrected chi connectivity index (χ2v) is 8.62. The lowest BCUT2D eigenvalue weighted by atomic mass is 10.2. The molecule has 2 heterocycles. The van der Waals surface area contributed by atoms with Crippen molar-refractivity contribution in [2.75, 3.05) is 7.11 Å². The predicted octanol–water partition coefficient (Wildman–Crippen LogP) is 5.31. The quantitative estimate of drug-likeness (QED) is 0.198. The maximum Gasteiger partial charge on any atom is 0.336 e. The van der Waals surface area contributed by atoms with Crippen molar-refractivity contribution >= 4 is 52.3 Å². The van der Waals surface area contributed by atoms with Crippen LogP contribution >= 0.6 is 24.0 Å². The molecule has 1 amide bonds. The van der Waals surface area contributed by atoms with E-state index in [1.54, 1.807) is 61.9 Å². The van der Waals surface area contributed by atoms with Crippen molar-refractivity contribution in [1.29, 1.82) is 0 Å². The number of carbonyl (C=O) groups is 2. The number of hydrogen-bond donors (Lipinski definition) is 0. The van der Waals surface area contributed by atoms with E-state index in [4.69, 9.17) is 26.1 Å². The number of amides is 1. The molecule has 1 saturated heterocycles. The molecule has 1 aromatic heterocycles. The predicted molar refractivity (Wildman–Crippen MR) is 132 cm³/mol. The molecule has 2 aromatic carbocycles. The first kappa shape index (κ1) is 22.6. The molecule has 3 aromatic rings. The molecule has 0 N–H and O–H groups in total. The van der Waals surface area contributed by atoms with Gasteiger partial charge in [-0.3, -0.25) is 9.69 Å². The third-order valence-electron chi connectivity index (χ3n) is 4.69. The van der Waals surface area contributed by atoms with E-state index >= 15 is 0 Å². The fraction of sp³-hybridized carbons (Fsp3) is 0.0800. The number of thioether (sulfide) groups is 1. The van der Waals surface area contributed by atoms with Crippen LogP contribution in [0.25, 0.3) is 12.2 Å². The molecule has 1 aliphatic heterocycles. The zero-order valence-corrected chi connectivity index (χ0v) is 19.2. The van der Waals surface area contributed by atoms with Gasteiger partial charge in [0.25, 0.3) is 5.91 Å². The smallest absolute Gasteiger partial charge is 0.336 e. The summed E-state index contributed by atoms with van der Waals surface area (Å²) in [6.45, 7) is 0.300. The molecule has 33 heavy (non-hydrogen) atoms. The van der Waals surface area contributed by atoms with Crippen LogP contribution in [0, 0.1) is 0 Å². The van der Waals surface area contributed by atoms with Gasteiger partial charge in [0.15, 0.2) is 0 Å². The molecule has 1 fully saturated rings. The molecule has 0 unspecified atom stereocenters. The first-order chi connectivity index (χ1) is 16.0. The molecule has 0 spiro atoms. The maximum absolute atomic E-state index is 12.7. The van der Waals surface area contributed by atoms with E-state index in [2.05, 4.69) is 0 Å². The fourth-order valence-corrected chi connectivity index (χ4v) is 4.26. The van der Waals surface area contributed by atoms with E-state index in [0.29, 0.717) is 27.3 Å². The van der Waals surface area contributed by atoms with Crippen LogP contribution in [-0.2, 0) is 16.1 Å². The van der Waals surface area contributed by atoms with E-state index in [1.807, 2.05) is 24.3 Å². The number of rotatable bonds is 7. The Balaban J connectivity index is 1.36. The fourth-order valence-electron chi connectivity index (χ4n) is 3.01. The van der Waals surface area contributed by atoms with E-state index in [0.717, 1.165) is 16.9 Å². The number of nitrogens with zero attached hydrogens (tertiary/aromatic N) is 1. The largest absolute Gasteiger partial charge is 0.497 e. The van der Waals surface area contributed by atoms with E-state index in [9.17, 15) is 9.59 Å².